The SMILES string of the molecule is C1=CC(N(c2ccccc2)c2ccc(N(c3ccccc3)c3ccccc3)cc2)(N(c2ccccc2)c2ccc(N(c3ccccc3)c3ccccc3)cc2)CC=C1c1ccccc1. The second kappa shape index (κ2) is 18.3. The van der Waals surface area contributed by atoms with Gasteiger partial charge in [-0.1, -0.05) is 152 Å². The van der Waals surface area contributed by atoms with Crippen molar-refractivity contribution in [2.45, 2.75) is 12.1 Å². The van der Waals surface area contributed by atoms with Crippen LogP contribution in [-0.4, -0.2) is 5.66 Å². The lowest BCUT2D eigenvalue weighted by molar-refractivity contribution is 0.526. The number of benzene rings is 9. The number of para-hydroxylation sites is 6. The number of anilines is 10. The first-order valence-electron chi connectivity index (χ1n) is 21.9. The van der Waals surface area contributed by atoms with Crippen molar-refractivity contribution in [3.63, 3.8) is 0 Å². The number of hydrogen-bond acceptors (Lipinski definition) is 4. The third-order valence-corrected chi connectivity index (χ3v) is 11.9. The molecule has 0 spiro atoms. The van der Waals surface area contributed by atoms with Gasteiger partial charge in [0, 0.05) is 63.3 Å². The fraction of sp³-hybridized carbons (Fsp3) is 0.0333. The van der Waals surface area contributed by atoms with Crippen molar-refractivity contribution >= 4 is 62.4 Å². The van der Waals surface area contributed by atoms with Crippen LogP contribution in [0.2, 0.25) is 0 Å². The van der Waals surface area contributed by atoms with E-state index >= 15 is 0 Å². The predicted octanol–water partition coefficient (Wildman–Crippen LogP) is 16.3. The number of rotatable bonds is 13. The molecule has 0 saturated heterocycles. The molecule has 9 aromatic carbocycles. The Labute approximate surface area is 377 Å². The van der Waals surface area contributed by atoms with Crippen molar-refractivity contribution in [3.8, 4) is 0 Å². The lowest BCUT2D eigenvalue weighted by atomic mass is 9.88. The van der Waals surface area contributed by atoms with Gasteiger partial charge in [-0.15, -0.1) is 0 Å². The zero-order valence-electron chi connectivity index (χ0n) is 35.6. The Morgan fingerprint density at radius 1 is 0.266 bits per heavy atom. The van der Waals surface area contributed by atoms with E-state index in [0.29, 0.717) is 6.42 Å². The first-order valence-corrected chi connectivity index (χ1v) is 21.9. The molecule has 64 heavy (non-hydrogen) atoms. The normalized spacial score (nSPS) is 12.8. The highest BCUT2D eigenvalue weighted by Crippen LogP contribution is 2.48. The first-order chi connectivity index (χ1) is 31.7. The van der Waals surface area contributed by atoms with Gasteiger partial charge in [-0.3, -0.25) is 0 Å². The highest BCUT2D eigenvalue weighted by molar-refractivity contribution is 5.85. The molecule has 0 radical (unpaired) electrons. The van der Waals surface area contributed by atoms with E-state index in [2.05, 4.69) is 299 Å². The first kappa shape index (κ1) is 39.8. The van der Waals surface area contributed by atoms with Crippen LogP contribution in [0.5, 0.6) is 0 Å². The van der Waals surface area contributed by atoms with Crippen molar-refractivity contribution in [2.75, 3.05) is 19.6 Å². The van der Waals surface area contributed by atoms with Gasteiger partial charge in [0.2, 0.25) is 0 Å². The maximum absolute atomic E-state index is 2.52. The fourth-order valence-electron chi connectivity index (χ4n) is 8.95. The lowest BCUT2D eigenvalue weighted by Crippen LogP contribution is -2.57. The summed E-state index contributed by atoms with van der Waals surface area (Å²) in [6.07, 6.45) is 7.81. The maximum atomic E-state index is 2.52. The van der Waals surface area contributed by atoms with E-state index in [-0.39, 0.29) is 0 Å². The Balaban J connectivity index is 1.15. The summed E-state index contributed by atoms with van der Waals surface area (Å²) in [7, 11) is 0. The van der Waals surface area contributed by atoms with Crippen LogP contribution < -0.4 is 19.6 Å². The van der Waals surface area contributed by atoms with Crippen molar-refractivity contribution in [1.82, 2.24) is 0 Å². The average Bonchev–Trinajstić information content (AvgIpc) is 3.38. The largest absolute Gasteiger partial charge is 0.314 e. The molecule has 0 N–H and O–H groups in total. The average molecular weight is 825 g/mol. The van der Waals surface area contributed by atoms with Crippen molar-refractivity contribution in [3.05, 3.63) is 285 Å². The standard InChI is InChI=1S/C60H48N4/c1-8-22-48(23-9-1)49-44-46-60(47-45-49,63(56-32-18-6-19-33-56)58-40-36-54(37-41-58)61(50-24-10-2-11-25-50)51-26-12-3-13-27-51)64(57-34-20-7-21-35-57)59-42-38-55(39-43-59)62(52-28-14-4-15-29-52)53-30-16-5-17-31-53/h1-46H,47H2. The minimum atomic E-state index is -0.749. The van der Waals surface area contributed by atoms with Crippen molar-refractivity contribution in [2.24, 2.45) is 0 Å². The van der Waals surface area contributed by atoms with E-state index < -0.39 is 5.66 Å². The molecule has 0 aromatic heterocycles. The van der Waals surface area contributed by atoms with Gasteiger partial charge in [0.25, 0.3) is 0 Å². The molecule has 4 nitrogen and oxygen atoms in total. The van der Waals surface area contributed by atoms with Gasteiger partial charge in [-0.25, -0.2) is 0 Å². The molecule has 0 saturated carbocycles. The molecule has 0 bridgehead atoms. The highest BCUT2D eigenvalue weighted by atomic mass is 15.4. The van der Waals surface area contributed by atoms with Crippen LogP contribution in [0.15, 0.2) is 279 Å². The van der Waals surface area contributed by atoms with Gasteiger partial charge in [0.05, 0.1) is 0 Å². The fourth-order valence-corrected chi connectivity index (χ4v) is 8.95. The van der Waals surface area contributed by atoms with E-state index in [9.17, 15) is 0 Å². The molecule has 0 fully saturated rings. The Morgan fingerprint density at radius 3 is 0.812 bits per heavy atom. The molecule has 1 aliphatic carbocycles. The minimum absolute atomic E-state index is 0.682. The van der Waals surface area contributed by atoms with E-state index in [1.54, 1.807) is 0 Å². The Bertz CT molecular complexity index is 2670. The van der Waals surface area contributed by atoms with Crippen LogP contribution >= 0.6 is 0 Å². The van der Waals surface area contributed by atoms with Crippen LogP contribution in [0.4, 0.5) is 56.9 Å². The molecule has 308 valence electrons. The summed E-state index contributed by atoms with van der Waals surface area (Å²) in [4.78, 5) is 9.66. The molecule has 0 aliphatic heterocycles. The molecule has 1 aliphatic rings. The second-order valence-corrected chi connectivity index (χ2v) is 15.8. The number of nitrogens with zero attached hydrogens (tertiary/aromatic N) is 4. The third kappa shape index (κ3) is 8.09. The summed E-state index contributed by atoms with van der Waals surface area (Å²) < 4.78 is 0. The van der Waals surface area contributed by atoms with E-state index in [4.69, 9.17) is 0 Å². The highest BCUT2D eigenvalue weighted by Gasteiger charge is 2.43. The zero-order chi connectivity index (χ0) is 43.0. The monoisotopic (exact) mass is 824 g/mol. The molecular formula is C60H48N4. The van der Waals surface area contributed by atoms with Crippen molar-refractivity contribution < 1.29 is 0 Å². The summed E-state index contributed by atoms with van der Waals surface area (Å²) in [5.41, 5.74) is 12.5. The topological polar surface area (TPSA) is 13.0 Å². The van der Waals surface area contributed by atoms with Crippen LogP contribution in [0, 0.1) is 0 Å². The van der Waals surface area contributed by atoms with Gasteiger partial charge >= 0.3 is 0 Å². The Hall–Kier alpha value is -8.34. The van der Waals surface area contributed by atoms with Gasteiger partial charge in [0.1, 0.15) is 5.66 Å². The Kier molecular flexibility index (Phi) is 11.4. The molecule has 0 amide bonds. The molecule has 9 aromatic rings. The maximum Gasteiger partial charge on any atom is 0.145 e. The summed E-state index contributed by atoms with van der Waals surface area (Å²) in [5, 5.41) is 0. The quantitative estimate of drug-likeness (QED) is 0.107. The van der Waals surface area contributed by atoms with E-state index in [0.717, 1.165) is 56.9 Å². The van der Waals surface area contributed by atoms with Crippen molar-refractivity contribution in [1.29, 1.82) is 0 Å². The van der Waals surface area contributed by atoms with Gasteiger partial charge in [0.15, 0.2) is 0 Å². The van der Waals surface area contributed by atoms with E-state index in [1.807, 2.05) is 0 Å². The number of hydrogen-bond donors (Lipinski definition) is 0. The van der Waals surface area contributed by atoms with Gasteiger partial charge < -0.3 is 19.6 Å². The molecule has 4 heteroatoms. The summed E-state index contributed by atoms with van der Waals surface area (Å²) >= 11 is 0. The molecule has 0 unspecified atom stereocenters. The van der Waals surface area contributed by atoms with Crippen LogP contribution in [0.3, 0.4) is 0 Å². The van der Waals surface area contributed by atoms with Gasteiger partial charge in [-0.05, 0) is 139 Å². The van der Waals surface area contributed by atoms with Crippen LogP contribution in [0.25, 0.3) is 5.57 Å². The number of allylic oxidation sites excluding steroid dienone is 2. The van der Waals surface area contributed by atoms with Crippen LogP contribution in [0.1, 0.15) is 12.0 Å². The Morgan fingerprint density at radius 2 is 0.516 bits per heavy atom. The zero-order valence-corrected chi connectivity index (χ0v) is 35.6. The lowest BCUT2D eigenvalue weighted by Gasteiger charge is -2.52. The predicted molar refractivity (Wildman–Crippen MR) is 270 cm³/mol. The summed E-state index contributed by atoms with van der Waals surface area (Å²) in [6, 6.07) is 92.8. The third-order valence-electron chi connectivity index (χ3n) is 11.9. The molecule has 0 heterocycles. The van der Waals surface area contributed by atoms with E-state index in [1.165, 1.54) is 11.1 Å². The second-order valence-electron chi connectivity index (χ2n) is 15.8. The van der Waals surface area contributed by atoms with Crippen LogP contribution in [-0.2, 0) is 0 Å². The summed E-state index contributed by atoms with van der Waals surface area (Å²) in [6.45, 7) is 0. The molecule has 0 atom stereocenters. The molecule has 10 rings (SSSR count). The van der Waals surface area contributed by atoms with Gasteiger partial charge in [-0.2, -0.15) is 0 Å². The smallest absolute Gasteiger partial charge is 0.145 e. The molecular weight excluding hydrogens is 777 g/mol. The summed E-state index contributed by atoms with van der Waals surface area (Å²) in [5.74, 6) is 0. The minimum Gasteiger partial charge on any atom is -0.314 e.